The fourth-order valence-electron chi connectivity index (χ4n) is 1.25. The van der Waals surface area contributed by atoms with E-state index < -0.39 is 6.10 Å². The molecule has 0 saturated carbocycles. The average molecular weight is 270 g/mol. The van der Waals surface area contributed by atoms with Crippen molar-refractivity contribution in [1.29, 1.82) is 0 Å². The molecule has 0 saturated heterocycles. The van der Waals surface area contributed by atoms with Crippen LogP contribution in [0.4, 0.5) is 0 Å². The Morgan fingerprint density at radius 2 is 2.50 bits per heavy atom. The molecule has 7 nitrogen and oxygen atoms in total. The van der Waals surface area contributed by atoms with E-state index in [1.54, 1.807) is 24.1 Å². The van der Waals surface area contributed by atoms with Gasteiger partial charge in [-0.15, -0.1) is 5.10 Å². The highest BCUT2D eigenvalue weighted by atomic mass is 32.2. The molecule has 2 aromatic rings. The summed E-state index contributed by atoms with van der Waals surface area (Å²) in [4.78, 5) is 0. The summed E-state index contributed by atoms with van der Waals surface area (Å²) < 4.78 is 12.0. The fourth-order valence-corrected chi connectivity index (χ4v) is 2.01. The Balaban J connectivity index is 1.63. The van der Waals surface area contributed by atoms with Crippen molar-refractivity contribution < 1.29 is 14.3 Å². The Morgan fingerprint density at radius 1 is 1.61 bits per heavy atom. The van der Waals surface area contributed by atoms with Crippen LogP contribution in [0.1, 0.15) is 5.76 Å². The molecule has 0 fully saturated rings. The predicted octanol–water partition coefficient (Wildman–Crippen LogP) is 0.473. The van der Waals surface area contributed by atoms with Gasteiger partial charge in [-0.1, -0.05) is 11.8 Å². The Kier molecular flexibility index (Phi) is 4.73. The van der Waals surface area contributed by atoms with E-state index in [0.717, 1.165) is 5.76 Å². The van der Waals surface area contributed by atoms with Crippen molar-refractivity contribution in [2.75, 3.05) is 12.4 Å². The Morgan fingerprint density at radius 3 is 3.17 bits per heavy atom. The van der Waals surface area contributed by atoms with Gasteiger partial charge in [-0.25, -0.2) is 4.68 Å². The van der Waals surface area contributed by atoms with Crippen LogP contribution in [0.3, 0.4) is 0 Å². The molecule has 0 aliphatic carbocycles. The van der Waals surface area contributed by atoms with Crippen molar-refractivity contribution >= 4 is 11.8 Å². The van der Waals surface area contributed by atoms with Gasteiger partial charge in [0.1, 0.15) is 12.4 Å². The van der Waals surface area contributed by atoms with E-state index >= 15 is 0 Å². The highest BCUT2D eigenvalue weighted by Gasteiger charge is 2.09. The normalized spacial score (nSPS) is 12.8. The Labute approximate surface area is 108 Å². The smallest absolute Gasteiger partial charge is 0.209 e. The van der Waals surface area contributed by atoms with E-state index in [-0.39, 0.29) is 6.61 Å². The number of aliphatic hydroxyl groups is 1. The summed E-state index contributed by atoms with van der Waals surface area (Å²) in [5.74, 6) is 1.22. The zero-order valence-electron chi connectivity index (χ0n) is 9.89. The molecule has 0 amide bonds. The molecule has 0 bridgehead atoms. The second-order valence-corrected chi connectivity index (χ2v) is 4.63. The molecule has 0 aliphatic rings. The molecule has 0 spiro atoms. The number of aromatic nitrogens is 4. The van der Waals surface area contributed by atoms with Crippen LogP contribution in [0.25, 0.3) is 0 Å². The average Bonchev–Trinajstić information content (AvgIpc) is 2.98. The van der Waals surface area contributed by atoms with E-state index in [2.05, 4.69) is 15.5 Å². The molecule has 1 unspecified atom stereocenters. The molecule has 8 heteroatoms. The summed E-state index contributed by atoms with van der Waals surface area (Å²) in [7, 11) is 1.75. The third-order valence-electron chi connectivity index (χ3n) is 2.12. The lowest BCUT2D eigenvalue weighted by Gasteiger charge is -2.09. The first kappa shape index (κ1) is 13.1. The maximum atomic E-state index is 9.71. The minimum atomic E-state index is -0.568. The van der Waals surface area contributed by atoms with Crippen molar-refractivity contribution in [2.45, 2.75) is 17.9 Å². The SMILES string of the molecule is Cn1nnnc1SCC(O)COCc1ccco1. The summed E-state index contributed by atoms with van der Waals surface area (Å²) >= 11 is 1.38. The summed E-state index contributed by atoms with van der Waals surface area (Å²) in [6.45, 7) is 0.610. The van der Waals surface area contributed by atoms with Crippen molar-refractivity contribution in [3.63, 3.8) is 0 Å². The lowest BCUT2D eigenvalue weighted by molar-refractivity contribution is 0.0328. The quantitative estimate of drug-likeness (QED) is 0.732. The standard InChI is InChI=1S/C10H14N4O3S/c1-14-10(11-12-13-14)18-7-8(15)5-16-6-9-3-2-4-17-9/h2-4,8,15H,5-7H2,1H3. The number of thioether (sulfide) groups is 1. The highest BCUT2D eigenvalue weighted by Crippen LogP contribution is 2.13. The van der Waals surface area contributed by atoms with E-state index in [1.807, 2.05) is 6.07 Å². The Bertz CT molecular complexity index is 459. The van der Waals surface area contributed by atoms with Gasteiger partial charge >= 0.3 is 0 Å². The van der Waals surface area contributed by atoms with Gasteiger partial charge in [0.15, 0.2) is 0 Å². The van der Waals surface area contributed by atoms with Crippen LogP contribution in [0.5, 0.6) is 0 Å². The number of aliphatic hydroxyl groups excluding tert-OH is 1. The lowest BCUT2D eigenvalue weighted by Crippen LogP contribution is -2.18. The maximum Gasteiger partial charge on any atom is 0.209 e. The van der Waals surface area contributed by atoms with Gasteiger partial charge in [-0.3, -0.25) is 0 Å². The monoisotopic (exact) mass is 270 g/mol. The van der Waals surface area contributed by atoms with Gasteiger partial charge in [0.05, 0.1) is 19.0 Å². The molecule has 0 radical (unpaired) electrons. The second kappa shape index (κ2) is 6.53. The lowest BCUT2D eigenvalue weighted by atomic mass is 10.4. The zero-order chi connectivity index (χ0) is 12.8. The topological polar surface area (TPSA) is 86.2 Å². The summed E-state index contributed by atoms with van der Waals surface area (Å²) in [5, 5.41) is 21.4. The molecule has 0 aromatic carbocycles. The van der Waals surface area contributed by atoms with Crippen LogP contribution in [-0.4, -0.2) is 43.8 Å². The summed E-state index contributed by atoms with van der Waals surface area (Å²) in [6, 6.07) is 3.62. The number of hydrogen-bond acceptors (Lipinski definition) is 7. The van der Waals surface area contributed by atoms with Crippen LogP contribution in [0.15, 0.2) is 28.0 Å². The maximum absolute atomic E-state index is 9.71. The number of hydrogen-bond donors (Lipinski definition) is 1. The van der Waals surface area contributed by atoms with Crippen LogP contribution < -0.4 is 0 Å². The molecule has 1 N–H and O–H groups in total. The molecule has 2 rings (SSSR count). The summed E-state index contributed by atoms with van der Waals surface area (Å²) in [5.41, 5.74) is 0. The largest absolute Gasteiger partial charge is 0.467 e. The summed E-state index contributed by atoms with van der Waals surface area (Å²) in [6.07, 6.45) is 1.02. The third kappa shape index (κ3) is 3.83. The minimum absolute atomic E-state index is 0.249. The minimum Gasteiger partial charge on any atom is -0.467 e. The molecule has 2 heterocycles. The first-order chi connectivity index (χ1) is 8.75. The Hall–Kier alpha value is -1.38. The van der Waals surface area contributed by atoms with E-state index in [4.69, 9.17) is 9.15 Å². The number of furan rings is 1. The number of aryl methyl sites for hydroxylation is 1. The number of rotatable bonds is 7. The van der Waals surface area contributed by atoms with Crippen LogP contribution in [0.2, 0.25) is 0 Å². The highest BCUT2D eigenvalue weighted by molar-refractivity contribution is 7.99. The van der Waals surface area contributed by atoms with E-state index in [0.29, 0.717) is 17.5 Å². The van der Waals surface area contributed by atoms with Crippen molar-refractivity contribution in [3.05, 3.63) is 24.2 Å². The van der Waals surface area contributed by atoms with Gasteiger partial charge < -0.3 is 14.3 Å². The molecular weight excluding hydrogens is 256 g/mol. The van der Waals surface area contributed by atoms with Crippen LogP contribution in [-0.2, 0) is 18.4 Å². The first-order valence-electron chi connectivity index (χ1n) is 5.39. The van der Waals surface area contributed by atoms with Crippen molar-refractivity contribution in [3.8, 4) is 0 Å². The molecule has 18 heavy (non-hydrogen) atoms. The number of ether oxygens (including phenoxy) is 1. The van der Waals surface area contributed by atoms with Crippen molar-refractivity contribution in [1.82, 2.24) is 20.2 Å². The molecule has 0 aliphatic heterocycles. The van der Waals surface area contributed by atoms with Gasteiger partial charge in [0.2, 0.25) is 5.16 Å². The van der Waals surface area contributed by atoms with Crippen molar-refractivity contribution in [2.24, 2.45) is 7.05 Å². The van der Waals surface area contributed by atoms with Gasteiger partial charge in [-0.05, 0) is 22.6 Å². The van der Waals surface area contributed by atoms with E-state index in [9.17, 15) is 5.11 Å². The van der Waals surface area contributed by atoms with Gasteiger partial charge in [-0.2, -0.15) is 0 Å². The van der Waals surface area contributed by atoms with Gasteiger partial charge in [0, 0.05) is 12.8 Å². The first-order valence-corrected chi connectivity index (χ1v) is 6.37. The van der Waals surface area contributed by atoms with Crippen LogP contribution >= 0.6 is 11.8 Å². The fraction of sp³-hybridized carbons (Fsp3) is 0.500. The zero-order valence-corrected chi connectivity index (χ0v) is 10.7. The molecular formula is C10H14N4O3S. The second-order valence-electron chi connectivity index (χ2n) is 3.64. The third-order valence-corrected chi connectivity index (χ3v) is 3.28. The number of tetrazole rings is 1. The molecule has 2 aromatic heterocycles. The molecule has 1 atom stereocenters. The predicted molar refractivity (Wildman–Crippen MR) is 63.9 cm³/mol. The number of nitrogens with zero attached hydrogens (tertiary/aromatic N) is 4. The van der Waals surface area contributed by atoms with Gasteiger partial charge in [0.25, 0.3) is 0 Å². The van der Waals surface area contributed by atoms with E-state index in [1.165, 1.54) is 11.8 Å². The van der Waals surface area contributed by atoms with Crippen LogP contribution in [0, 0.1) is 0 Å². The molecule has 98 valence electrons.